The Labute approximate surface area is 134 Å². The van der Waals surface area contributed by atoms with Gasteiger partial charge in [0.15, 0.2) is 0 Å². The van der Waals surface area contributed by atoms with E-state index in [1.54, 1.807) is 6.07 Å². The molecule has 0 heterocycles. The molecular formula is C18H21BrFN. The second-order valence-electron chi connectivity index (χ2n) is 5.37. The van der Waals surface area contributed by atoms with Gasteiger partial charge in [-0.25, -0.2) is 4.39 Å². The van der Waals surface area contributed by atoms with Crippen LogP contribution in [0, 0.1) is 19.7 Å². The lowest BCUT2D eigenvalue weighted by Gasteiger charge is -2.22. The first-order valence-corrected chi connectivity index (χ1v) is 8.08. The van der Waals surface area contributed by atoms with E-state index in [0.717, 1.165) is 24.1 Å². The van der Waals surface area contributed by atoms with E-state index in [-0.39, 0.29) is 11.9 Å². The van der Waals surface area contributed by atoms with E-state index < -0.39 is 0 Å². The predicted molar refractivity (Wildman–Crippen MR) is 90.2 cm³/mol. The highest BCUT2D eigenvalue weighted by Gasteiger charge is 2.18. The van der Waals surface area contributed by atoms with Crippen LogP contribution in [0.5, 0.6) is 0 Å². The predicted octanol–water partition coefficient (Wildman–Crippen LogP) is 5.29. The molecular weight excluding hydrogens is 329 g/mol. The minimum Gasteiger partial charge on any atom is -0.306 e. The lowest BCUT2D eigenvalue weighted by atomic mass is 9.95. The number of hydrogen-bond donors (Lipinski definition) is 1. The number of benzene rings is 2. The van der Waals surface area contributed by atoms with Crippen molar-refractivity contribution in [1.29, 1.82) is 0 Å². The van der Waals surface area contributed by atoms with Gasteiger partial charge in [-0.3, -0.25) is 0 Å². The summed E-state index contributed by atoms with van der Waals surface area (Å²) >= 11 is 3.39. The molecule has 0 saturated carbocycles. The summed E-state index contributed by atoms with van der Waals surface area (Å²) in [5, 5.41) is 3.52. The Bertz CT molecular complexity index is 625. The van der Waals surface area contributed by atoms with Crippen LogP contribution in [0.2, 0.25) is 0 Å². The van der Waals surface area contributed by atoms with Crippen LogP contribution >= 0.6 is 15.9 Å². The van der Waals surface area contributed by atoms with E-state index in [9.17, 15) is 4.39 Å². The number of nitrogens with one attached hydrogen (secondary N) is 1. The summed E-state index contributed by atoms with van der Waals surface area (Å²) in [6.07, 6.45) is 1.04. The molecule has 0 aliphatic carbocycles. The number of aryl methyl sites for hydroxylation is 2. The van der Waals surface area contributed by atoms with Gasteiger partial charge in [-0.15, -0.1) is 0 Å². The van der Waals surface area contributed by atoms with Crippen molar-refractivity contribution in [3.05, 3.63) is 68.9 Å². The molecule has 1 atom stereocenters. The molecule has 0 bridgehead atoms. The fraction of sp³-hybridized carbons (Fsp3) is 0.333. The van der Waals surface area contributed by atoms with Crippen molar-refractivity contribution in [1.82, 2.24) is 5.32 Å². The molecule has 2 aromatic carbocycles. The molecule has 0 aliphatic rings. The zero-order valence-corrected chi connectivity index (χ0v) is 14.3. The van der Waals surface area contributed by atoms with Crippen LogP contribution in [0.15, 0.2) is 40.9 Å². The summed E-state index contributed by atoms with van der Waals surface area (Å²) in [6.45, 7) is 7.23. The Morgan fingerprint density at radius 3 is 2.57 bits per heavy atom. The Kier molecular flexibility index (Phi) is 5.54. The van der Waals surface area contributed by atoms with Gasteiger partial charge >= 0.3 is 0 Å². The molecule has 21 heavy (non-hydrogen) atoms. The molecule has 0 saturated heterocycles. The fourth-order valence-corrected chi connectivity index (χ4v) is 2.88. The highest BCUT2D eigenvalue weighted by molar-refractivity contribution is 9.10. The molecule has 0 amide bonds. The molecule has 1 unspecified atom stereocenters. The van der Waals surface area contributed by atoms with Gasteiger partial charge in [0, 0.05) is 0 Å². The van der Waals surface area contributed by atoms with E-state index >= 15 is 0 Å². The van der Waals surface area contributed by atoms with Crippen LogP contribution in [-0.2, 0) is 0 Å². The van der Waals surface area contributed by atoms with Gasteiger partial charge in [-0.05, 0) is 71.1 Å². The van der Waals surface area contributed by atoms with E-state index in [1.165, 1.54) is 17.2 Å². The van der Waals surface area contributed by atoms with Crippen LogP contribution in [0.25, 0.3) is 0 Å². The molecule has 2 rings (SSSR count). The fourth-order valence-electron chi connectivity index (χ4n) is 2.38. The summed E-state index contributed by atoms with van der Waals surface area (Å²) in [5.41, 5.74) is 4.62. The smallest absolute Gasteiger partial charge is 0.137 e. The number of hydrogen-bond acceptors (Lipinski definition) is 1. The number of halogens is 2. The normalized spacial score (nSPS) is 12.4. The van der Waals surface area contributed by atoms with Gasteiger partial charge in [0.25, 0.3) is 0 Å². The third-order valence-corrected chi connectivity index (χ3v) is 4.59. The second kappa shape index (κ2) is 7.19. The maximum absolute atomic E-state index is 13.8. The molecule has 0 aromatic heterocycles. The van der Waals surface area contributed by atoms with E-state index in [2.05, 4.69) is 60.2 Å². The van der Waals surface area contributed by atoms with Gasteiger partial charge in [0.05, 0.1) is 10.5 Å². The standard InChI is InChI=1S/C18H21BrFN/c1-4-10-21-18(14-9-8-12(2)13(3)11-14)15-6-5-7-16(20)17(15)19/h5-9,11,18,21H,4,10H2,1-3H3. The Morgan fingerprint density at radius 2 is 1.90 bits per heavy atom. The van der Waals surface area contributed by atoms with Gasteiger partial charge in [-0.1, -0.05) is 37.3 Å². The molecule has 0 radical (unpaired) electrons. The topological polar surface area (TPSA) is 12.0 Å². The summed E-state index contributed by atoms with van der Waals surface area (Å²) in [5.74, 6) is -0.223. The van der Waals surface area contributed by atoms with Crippen molar-refractivity contribution in [2.24, 2.45) is 0 Å². The third kappa shape index (κ3) is 3.72. The zero-order chi connectivity index (χ0) is 15.4. The summed E-state index contributed by atoms with van der Waals surface area (Å²) in [4.78, 5) is 0. The van der Waals surface area contributed by atoms with Crippen molar-refractivity contribution < 1.29 is 4.39 Å². The highest BCUT2D eigenvalue weighted by atomic mass is 79.9. The van der Waals surface area contributed by atoms with Crippen LogP contribution in [0.1, 0.15) is 41.6 Å². The Balaban J connectivity index is 2.47. The van der Waals surface area contributed by atoms with Gasteiger partial charge in [0.2, 0.25) is 0 Å². The van der Waals surface area contributed by atoms with Crippen molar-refractivity contribution in [2.45, 2.75) is 33.2 Å². The first-order valence-electron chi connectivity index (χ1n) is 7.29. The largest absolute Gasteiger partial charge is 0.306 e. The Hall–Kier alpha value is -1.19. The average Bonchev–Trinajstić information content (AvgIpc) is 2.47. The summed E-state index contributed by atoms with van der Waals surface area (Å²) < 4.78 is 14.4. The maximum atomic E-state index is 13.8. The van der Waals surface area contributed by atoms with E-state index in [1.807, 2.05) is 6.07 Å². The lowest BCUT2D eigenvalue weighted by Crippen LogP contribution is -2.24. The first kappa shape index (κ1) is 16.2. The van der Waals surface area contributed by atoms with E-state index in [0.29, 0.717) is 4.47 Å². The summed E-state index contributed by atoms with van der Waals surface area (Å²) in [7, 11) is 0. The van der Waals surface area contributed by atoms with Gasteiger partial charge in [-0.2, -0.15) is 0 Å². The average molecular weight is 350 g/mol. The molecule has 0 spiro atoms. The second-order valence-corrected chi connectivity index (χ2v) is 6.17. The minimum atomic E-state index is -0.223. The molecule has 0 aliphatic heterocycles. The minimum absolute atomic E-state index is 0.00525. The molecule has 0 fully saturated rings. The molecule has 3 heteroatoms. The zero-order valence-electron chi connectivity index (χ0n) is 12.7. The quantitative estimate of drug-likeness (QED) is 0.772. The molecule has 2 aromatic rings. The van der Waals surface area contributed by atoms with Gasteiger partial charge in [0.1, 0.15) is 5.82 Å². The van der Waals surface area contributed by atoms with Crippen molar-refractivity contribution in [3.63, 3.8) is 0 Å². The molecule has 1 N–H and O–H groups in total. The number of rotatable bonds is 5. The van der Waals surface area contributed by atoms with Crippen molar-refractivity contribution in [2.75, 3.05) is 6.54 Å². The van der Waals surface area contributed by atoms with Gasteiger partial charge < -0.3 is 5.32 Å². The summed E-state index contributed by atoms with van der Waals surface area (Å²) in [6, 6.07) is 11.6. The van der Waals surface area contributed by atoms with Crippen LogP contribution in [-0.4, -0.2) is 6.54 Å². The Morgan fingerprint density at radius 1 is 1.14 bits per heavy atom. The van der Waals surface area contributed by atoms with Crippen LogP contribution < -0.4 is 5.32 Å². The molecule has 112 valence electrons. The van der Waals surface area contributed by atoms with Crippen molar-refractivity contribution >= 4 is 15.9 Å². The highest BCUT2D eigenvalue weighted by Crippen LogP contribution is 2.31. The molecule has 1 nitrogen and oxygen atoms in total. The first-order chi connectivity index (χ1) is 10.0. The monoisotopic (exact) mass is 349 g/mol. The van der Waals surface area contributed by atoms with E-state index in [4.69, 9.17) is 0 Å². The third-order valence-electron chi connectivity index (χ3n) is 3.76. The van der Waals surface area contributed by atoms with Crippen LogP contribution in [0.4, 0.5) is 4.39 Å². The SMILES string of the molecule is CCCNC(c1ccc(C)c(C)c1)c1cccc(F)c1Br. The maximum Gasteiger partial charge on any atom is 0.137 e. The van der Waals surface area contributed by atoms with Crippen molar-refractivity contribution in [3.8, 4) is 0 Å². The van der Waals surface area contributed by atoms with Crippen LogP contribution in [0.3, 0.4) is 0 Å². The lowest BCUT2D eigenvalue weighted by molar-refractivity contribution is 0.579.